The summed E-state index contributed by atoms with van der Waals surface area (Å²) in [5.41, 5.74) is 0. The molecule has 0 aliphatic heterocycles. The minimum absolute atomic E-state index is 0.0893. The maximum atomic E-state index is 12.2. The van der Waals surface area contributed by atoms with Gasteiger partial charge in [0.1, 0.15) is 0 Å². The van der Waals surface area contributed by atoms with E-state index >= 15 is 0 Å². The van der Waals surface area contributed by atoms with Gasteiger partial charge >= 0.3 is 0 Å². The molecular formula is C31H57NO3. The number of hydrogen-bond donors (Lipinski definition) is 3. The maximum Gasteiger partial charge on any atom is 0.220 e. The Kier molecular flexibility index (Phi) is 26.1. The minimum atomic E-state index is -0.860. The smallest absolute Gasteiger partial charge is 0.220 e. The van der Waals surface area contributed by atoms with E-state index in [9.17, 15) is 15.0 Å². The van der Waals surface area contributed by atoms with Gasteiger partial charge in [0.2, 0.25) is 5.91 Å². The molecule has 0 bridgehead atoms. The predicted octanol–water partition coefficient (Wildman–Crippen LogP) is 7.94. The average molecular weight is 492 g/mol. The Morgan fingerprint density at radius 1 is 0.657 bits per heavy atom. The van der Waals surface area contributed by atoms with Gasteiger partial charge in [-0.25, -0.2) is 0 Å². The van der Waals surface area contributed by atoms with E-state index in [-0.39, 0.29) is 12.5 Å². The van der Waals surface area contributed by atoms with Crippen molar-refractivity contribution < 1.29 is 15.0 Å². The van der Waals surface area contributed by atoms with Crippen molar-refractivity contribution in [3.63, 3.8) is 0 Å². The number of carbonyl (C=O) groups excluding carboxylic acids is 1. The first-order chi connectivity index (χ1) is 17.2. The second-order valence-electron chi connectivity index (χ2n) is 9.80. The molecule has 0 aromatic carbocycles. The summed E-state index contributed by atoms with van der Waals surface area (Å²) in [6.45, 7) is 4.21. The molecule has 0 rings (SSSR count). The van der Waals surface area contributed by atoms with Crippen molar-refractivity contribution in [1.82, 2.24) is 5.32 Å². The van der Waals surface area contributed by atoms with Crippen molar-refractivity contribution in [3.8, 4) is 0 Å². The second kappa shape index (κ2) is 27.2. The number of amides is 1. The van der Waals surface area contributed by atoms with Crippen LogP contribution in [0.1, 0.15) is 136 Å². The molecular weight excluding hydrogens is 434 g/mol. The first-order valence-electron chi connectivity index (χ1n) is 14.7. The van der Waals surface area contributed by atoms with Crippen LogP contribution >= 0.6 is 0 Å². The molecule has 0 aliphatic rings. The molecule has 4 heteroatoms. The standard InChI is InChI=1S/C31H57NO3/c1-3-5-7-9-11-13-15-16-17-19-21-23-25-27-31(35)32-29(28-33)30(34)26-24-22-20-18-14-12-10-8-6-4-2/h13-15,18,24,26,29-30,33-34H,3-12,16-17,19-23,25,27-28H2,1-2H3,(H,32,35)/b15-13-,18-14+,26-24+. The Labute approximate surface area is 217 Å². The zero-order valence-corrected chi connectivity index (χ0v) is 23.1. The van der Waals surface area contributed by atoms with Crippen LogP contribution in [0.5, 0.6) is 0 Å². The quantitative estimate of drug-likeness (QED) is 0.0896. The summed E-state index contributed by atoms with van der Waals surface area (Å²) in [6, 6.07) is -0.637. The molecule has 0 saturated heterocycles. The molecule has 0 aromatic rings. The first-order valence-corrected chi connectivity index (χ1v) is 14.7. The molecule has 0 aliphatic carbocycles. The Balaban J connectivity index is 3.77. The lowest BCUT2D eigenvalue weighted by Gasteiger charge is -2.19. The maximum absolute atomic E-state index is 12.2. The zero-order chi connectivity index (χ0) is 25.8. The monoisotopic (exact) mass is 491 g/mol. The number of hydrogen-bond acceptors (Lipinski definition) is 3. The molecule has 0 aromatic heterocycles. The summed E-state index contributed by atoms with van der Waals surface area (Å²) < 4.78 is 0. The molecule has 2 unspecified atom stereocenters. The van der Waals surface area contributed by atoms with Crippen molar-refractivity contribution in [3.05, 3.63) is 36.5 Å². The molecule has 35 heavy (non-hydrogen) atoms. The summed E-state index contributed by atoms with van der Waals surface area (Å²) >= 11 is 0. The SMILES string of the molecule is CCCCCC/C=C\CCCCCCCC(=O)NC(CO)C(O)/C=C/CC/C=C/CCCCCC. The fourth-order valence-corrected chi connectivity index (χ4v) is 4.01. The van der Waals surface area contributed by atoms with Gasteiger partial charge < -0.3 is 15.5 Å². The molecule has 4 nitrogen and oxygen atoms in total. The fourth-order valence-electron chi connectivity index (χ4n) is 4.01. The lowest BCUT2D eigenvalue weighted by Crippen LogP contribution is -2.45. The Hall–Kier alpha value is -1.39. The Bertz CT molecular complexity index is 541. The number of nitrogens with one attached hydrogen (secondary N) is 1. The topological polar surface area (TPSA) is 69.6 Å². The molecule has 0 fully saturated rings. The highest BCUT2D eigenvalue weighted by Crippen LogP contribution is 2.10. The van der Waals surface area contributed by atoms with Gasteiger partial charge in [0, 0.05) is 6.42 Å². The molecule has 2 atom stereocenters. The first kappa shape index (κ1) is 33.6. The summed E-state index contributed by atoms with van der Waals surface area (Å²) in [5, 5.41) is 22.6. The molecule has 0 spiro atoms. The third-order valence-corrected chi connectivity index (χ3v) is 6.35. The number of allylic oxidation sites excluding steroid dienone is 5. The minimum Gasteiger partial charge on any atom is -0.394 e. The predicted molar refractivity (Wildman–Crippen MR) is 152 cm³/mol. The normalized spacial score (nSPS) is 13.8. The van der Waals surface area contributed by atoms with Crippen LogP contribution in [0.25, 0.3) is 0 Å². The van der Waals surface area contributed by atoms with Crippen LogP contribution < -0.4 is 5.32 Å². The van der Waals surface area contributed by atoms with Gasteiger partial charge in [0.15, 0.2) is 0 Å². The second-order valence-corrected chi connectivity index (χ2v) is 9.80. The molecule has 0 radical (unpaired) electrons. The van der Waals surface area contributed by atoms with E-state index in [0.717, 1.165) is 44.9 Å². The lowest BCUT2D eigenvalue weighted by atomic mass is 10.1. The summed E-state index contributed by atoms with van der Waals surface area (Å²) in [4.78, 5) is 12.2. The van der Waals surface area contributed by atoms with Crippen molar-refractivity contribution in [1.29, 1.82) is 0 Å². The molecule has 204 valence electrons. The van der Waals surface area contributed by atoms with E-state index in [1.165, 1.54) is 70.6 Å². The van der Waals surface area contributed by atoms with Crippen LogP contribution in [0, 0.1) is 0 Å². The third kappa shape index (κ3) is 24.1. The van der Waals surface area contributed by atoms with E-state index in [4.69, 9.17) is 0 Å². The van der Waals surface area contributed by atoms with Crippen LogP contribution in [0.3, 0.4) is 0 Å². The van der Waals surface area contributed by atoms with E-state index in [1.54, 1.807) is 6.08 Å². The van der Waals surface area contributed by atoms with Gasteiger partial charge in [-0.2, -0.15) is 0 Å². The largest absolute Gasteiger partial charge is 0.394 e. The average Bonchev–Trinajstić information content (AvgIpc) is 2.86. The van der Waals surface area contributed by atoms with Gasteiger partial charge in [-0.15, -0.1) is 0 Å². The number of rotatable bonds is 25. The zero-order valence-electron chi connectivity index (χ0n) is 23.1. The highest BCUT2D eigenvalue weighted by molar-refractivity contribution is 5.76. The third-order valence-electron chi connectivity index (χ3n) is 6.35. The van der Waals surface area contributed by atoms with Crippen LogP contribution in [-0.2, 0) is 4.79 Å². The van der Waals surface area contributed by atoms with E-state index in [1.807, 2.05) is 6.08 Å². The van der Waals surface area contributed by atoms with Gasteiger partial charge in [-0.3, -0.25) is 4.79 Å². The summed E-state index contributed by atoms with van der Waals surface area (Å²) in [7, 11) is 0. The lowest BCUT2D eigenvalue weighted by molar-refractivity contribution is -0.123. The summed E-state index contributed by atoms with van der Waals surface area (Å²) in [5.74, 6) is -0.0893. The van der Waals surface area contributed by atoms with Gasteiger partial charge in [-0.1, -0.05) is 108 Å². The van der Waals surface area contributed by atoms with Gasteiger partial charge in [0.25, 0.3) is 0 Å². The van der Waals surface area contributed by atoms with Crippen LogP contribution in [-0.4, -0.2) is 34.9 Å². The molecule has 3 N–H and O–H groups in total. The fraction of sp³-hybridized carbons (Fsp3) is 0.774. The Morgan fingerprint density at radius 3 is 1.66 bits per heavy atom. The van der Waals surface area contributed by atoms with E-state index in [0.29, 0.717) is 6.42 Å². The highest BCUT2D eigenvalue weighted by atomic mass is 16.3. The molecule has 1 amide bonds. The van der Waals surface area contributed by atoms with Crippen molar-refractivity contribution in [2.24, 2.45) is 0 Å². The van der Waals surface area contributed by atoms with Crippen molar-refractivity contribution >= 4 is 5.91 Å². The number of carbonyl (C=O) groups is 1. The number of unbranched alkanes of at least 4 members (excludes halogenated alkanes) is 14. The van der Waals surface area contributed by atoms with Crippen LogP contribution in [0.4, 0.5) is 0 Å². The number of aliphatic hydroxyl groups is 2. The molecule has 0 saturated carbocycles. The van der Waals surface area contributed by atoms with Crippen molar-refractivity contribution in [2.75, 3.05) is 6.61 Å². The van der Waals surface area contributed by atoms with Crippen LogP contribution in [0.15, 0.2) is 36.5 Å². The highest BCUT2D eigenvalue weighted by Gasteiger charge is 2.17. The number of aliphatic hydroxyl groups excluding tert-OH is 2. The van der Waals surface area contributed by atoms with Crippen molar-refractivity contribution in [2.45, 2.75) is 148 Å². The molecule has 0 heterocycles. The van der Waals surface area contributed by atoms with Crippen LogP contribution in [0.2, 0.25) is 0 Å². The van der Waals surface area contributed by atoms with E-state index in [2.05, 4.69) is 43.5 Å². The van der Waals surface area contributed by atoms with Gasteiger partial charge in [0.05, 0.1) is 18.8 Å². The van der Waals surface area contributed by atoms with Gasteiger partial charge in [-0.05, 0) is 57.8 Å². The summed E-state index contributed by atoms with van der Waals surface area (Å²) in [6.07, 6.45) is 33.5. The van der Waals surface area contributed by atoms with E-state index < -0.39 is 12.1 Å². The Morgan fingerprint density at radius 2 is 1.11 bits per heavy atom.